The Morgan fingerprint density at radius 1 is 1.30 bits per heavy atom. The van der Waals surface area contributed by atoms with Crippen molar-refractivity contribution in [1.29, 1.82) is 0 Å². The van der Waals surface area contributed by atoms with Crippen LogP contribution in [-0.4, -0.2) is 43.6 Å². The first kappa shape index (κ1) is 17.5. The maximum Gasteiger partial charge on any atom is 0.253 e. The zero-order chi connectivity index (χ0) is 18.8. The molecule has 0 saturated carbocycles. The molecular formula is C21H25N5O. The Hall–Kier alpha value is -2.89. The van der Waals surface area contributed by atoms with Crippen molar-refractivity contribution in [2.75, 3.05) is 13.1 Å². The van der Waals surface area contributed by atoms with Crippen molar-refractivity contribution in [3.63, 3.8) is 0 Å². The maximum absolute atomic E-state index is 13.1. The number of imidazole rings is 1. The maximum atomic E-state index is 13.1. The summed E-state index contributed by atoms with van der Waals surface area (Å²) in [7, 11) is 0. The number of nitrogens with one attached hydrogen (secondary N) is 1. The van der Waals surface area contributed by atoms with Crippen LogP contribution in [0.2, 0.25) is 0 Å². The van der Waals surface area contributed by atoms with E-state index in [-0.39, 0.29) is 11.8 Å². The smallest absolute Gasteiger partial charge is 0.253 e. The van der Waals surface area contributed by atoms with Crippen LogP contribution in [0.5, 0.6) is 0 Å². The van der Waals surface area contributed by atoms with Crippen LogP contribution in [0.25, 0.3) is 0 Å². The highest BCUT2D eigenvalue weighted by Gasteiger charge is 2.26. The number of rotatable bonds is 4. The summed E-state index contributed by atoms with van der Waals surface area (Å²) in [5.41, 5.74) is 3.97. The zero-order valence-corrected chi connectivity index (χ0v) is 15.9. The molecule has 1 saturated heterocycles. The van der Waals surface area contributed by atoms with E-state index < -0.39 is 0 Å². The first-order chi connectivity index (χ1) is 13.1. The molecule has 140 valence electrons. The number of hydrogen-bond acceptors (Lipinski definition) is 3. The van der Waals surface area contributed by atoms with Crippen molar-refractivity contribution in [2.24, 2.45) is 0 Å². The van der Waals surface area contributed by atoms with Crippen LogP contribution in [0.3, 0.4) is 0 Å². The number of aryl methyl sites for hydroxylation is 2. The van der Waals surface area contributed by atoms with Gasteiger partial charge in [0.1, 0.15) is 5.82 Å². The van der Waals surface area contributed by atoms with Crippen LogP contribution in [0.15, 0.2) is 42.7 Å². The van der Waals surface area contributed by atoms with E-state index in [1.165, 1.54) is 0 Å². The van der Waals surface area contributed by atoms with Gasteiger partial charge < -0.3 is 9.88 Å². The van der Waals surface area contributed by atoms with Gasteiger partial charge in [-0.2, -0.15) is 5.10 Å². The fourth-order valence-electron chi connectivity index (χ4n) is 3.88. The molecule has 3 heterocycles. The number of likely N-dealkylation sites (tertiary alicyclic amines) is 1. The summed E-state index contributed by atoms with van der Waals surface area (Å²) < 4.78 is 1.98. The van der Waals surface area contributed by atoms with Crippen molar-refractivity contribution < 1.29 is 4.79 Å². The van der Waals surface area contributed by atoms with Crippen LogP contribution < -0.4 is 0 Å². The summed E-state index contributed by atoms with van der Waals surface area (Å²) >= 11 is 0. The number of hydrogen-bond donors (Lipinski definition) is 1. The molecule has 0 aliphatic carbocycles. The number of benzene rings is 1. The molecule has 0 bridgehead atoms. The molecule has 4 rings (SSSR count). The lowest BCUT2D eigenvalue weighted by Gasteiger charge is -2.32. The van der Waals surface area contributed by atoms with Gasteiger partial charge in [0, 0.05) is 42.7 Å². The molecule has 0 radical (unpaired) electrons. The monoisotopic (exact) mass is 363 g/mol. The minimum atomic E-state index is 0.0986. The molecule has 2 aromatic heterocycles. The standard InChI is InChI=1S/C21H25N5O/c1-15-11-16(2)26(24-15)13-17-5-3-6-18(12-17)21(27)25-10-4-7-19(14-25)20-22-8-9-23-20/h3,5-6,8-9,11-12,19H,4,7,10,13-14H2,1-2H3,(H,22,23)/t19-/m1/s1. The second-order valence-electron chi connectivity index (χ2n) is 7.35. The summed E-state index contributed by atoms with van der Waals surface area (Å²) in [6.45, 7) is 6.24. The van der Waals surface area contributed by atoms with Crippen LogP contribution in [0.4, 0.5) is 0 Å². The van der Waals surface area contributed by atoms with Gasteiger partial charge in [-0.15, -0.1) is 0 Å². The Kier molecular flexibility index (Phi) is 4.79. The third-order valence-electron chi connectivity index (χ3n) is 5.22. The third kappa shape index (κ3) is 3.79. The molecule has 1 aromatic carbocycles. The average Bonchev–Trinajstić information content (AvgIpc) is 3.32. The Morgan fingerprint density at radius 3 is 2.93 bits per heavy atom. The van der Waals surface area contributed by atoms with Crippen LogP contribution in [-0.2, 0) is 6.54 Å². The first-order valence-electron chi connectivity index (χ1n) is 9.48. The zero-order valence-electron chi connectivity index (χ0n) is 15.9. The third-order valence-corrected chi connectivity index (χ3v) is 5.22. The van der Waals surface area contributed by atoms with Crippen molar-refractivity contribution in [3.05, 3.63) is 71.1 Å². The van der Waals surface area contributed by atoms with E-state index in [1.807, 2.05) is 40.9 Å². The van der Waals surface area contributed by atoms with Gasteiger partial charge in [-0.1, -0.05) is 12.1 Å². The van der Waals surface area contributed by atoms with Gasteiger partial charge in [-0.05, 0) is 50.5 Å². The van der Waals surface area contributed by atoms with E-state index in [0.717, 1.165) is 47.7 Å². The van der Waals surface area contributed by atoms with Gasteiger partial charge in [0.05, 0.1) is 12.2 Å². The van der Waals surface area contributed by atoms with Crippen molar-refractivity contribution in [3.8, 4) is 0 Å². The SMILES string of the molecule is Cc1cc(C)n(Cc2cccc(C(=O)N3CCC[C@@H](c4ncc[nH]4)C3)c2)n1. The first-order valence-corrected chi connectivity index (χ1v) is 9.48. The summed E-state index contributed by atoms with van der Waals surface area (Å²) in [4.78, 5) is 22.6. The second-order valence-corrected chi connectivity index (χ2v) is 7.35. The van der Waals surface area contributed by atoms with E-state index in [1.54, 1.807) is 6.20 Å². The summed E-state index contributed by atoms with van der Waals surface area (Å²) in [6.07, 6.45) is 5.69. The number of carbonyl (C=O) groups is 1. The lowest BCUT2D eigenvalue weighted by Crippen LogP contribution is -2.39. The predicted octanol–water partition coefficient (Wildman–Crippen LogP) is 3.29. The number of piperidine rings is 1. The molecule has 1 aliphatic heterocycles. The lowest BCUT2D eigenvalue weighted by molar-refractivity contribution is 0.0704. The normalized spacial score (nSPS) is 17.3. The fraction of sp³-hybridized carbons (Fsp3) is 0.381. The molecular weight excluding hydrogens is 338 g/mol. The molecule has 1 atom stereocenters. The van der Waals surface area contributed by atoms with Gasteiger partial charge in [0.2, 0.25) is 0 Å². The lowest BCUT2D eigenvalue weighted by atomic mass is 9.96. The van der Waals surface area contributed by atoms with Crippen LogP contribution in [0, 0.1) is 13.8 Å². The number of aromatic nitrogens is 4. The highest BCUT2D eigenvalue weighted by molar-refractivity contribution is 5.94. The van der Waals surface area contributed by atoms with Gasteiger partial charge in [-0.25, -0.2) is 4.98 Å². The largest absolute Gasteiger partial charge is 0.348 e. The van der Waals surface area contributed by atoms with E-state index in [4.69, 9.17) is 0 Å². The number of amides is 1. The van der Waals surface area contributed by atoms with Crippen molar-refractivity contribution in [2.45, 2.75) is 39.2 Å². The van der Waals surface area contributed by atoms with Crippen molar-refractivity contribution in [1.82, 2.24) is 24.6 Å². The number of aromatic amines is 1. The highest BCUT2D eigenvalue weighted by Crippen LogP contribution is 2.25. The van der Waals surface area contributed by atoms with Crippen molar-refractivity contribution >= 4 is 5.91 Å². The van der Waals surface area contributed by atoms with Crippen LogP contribution in [0.1, 0.15) is 51.9 Å². The quantitative estimate of drug-likeness (QED) is 0.773. The average molecular weight is 363 g/mol. The van der Waals surface area contributed by atoms with Gasteiger partial charge >= 0.3 is 0 Å². The van der Waals surface area contributed by atoms with Gasteiger partial charge in [0.25, 0.3) is 5.91 Å². The van der Waals surface area contributed by atoms with Gasteiger partial charge in [-0.3, -0.25) is 9.48 Å². The highest BCUT2D eigenvalue weighted by atomic mass is 16.2. The Morgan fingerprint density at radius 2 is 2.19 bits per heavy atom. The molecule has 1 N–H and O–H groups in total. The topological polar surface area (TPSA) is 66.8 Å². The summed E-state index contributed by atoms with van der Waals surface area (Å²) in [5.74, 6) is 1.36. The van der Waals surface area contributed by atoms with E-state index in [9.17, 15) is 4.79 Å². The molecule has 27 heavy (non-hydrogen) atoms. The molecule has 0 unspecified atom stereocenters. The minimum Gasteiger partial charge on any atom is -0.348 e. The molecule has 6 heteroatoms. The fourth-order valence-corrected chi connectivity index (χ4v) is 3.88. The predicted molar refractivity (Wildman–Crippen MR) is 104 cm³/mol. The van der Waals surface area contributed by atoms with Crippen LogP contribution >= 0.6 is 0 Å². The van der Waals surface area contributed by atoms with E-state index >= 15 is 0 Å². The Bertz CT molecular complexity index is 928. The summed E-state index contributed by atoms with van der Waals surface area (Å²) in [5, 5.41) is 4.52. The molecule has 3 aromatic rings. The molecule has 1 aliphatic rings. The minimum absolute atomic E-state index is 0.0986. The van der Waals surface area contributed by atoms with Gasteiger partial charge in [0.15, 0.2) is 0 Å². The Balaban J connectivity index is 1.49. The van der Waals surface area contributed by atoms with E-state index in [2.05, 4.69) is 34.1 Å². The molecule has 1 fully saturated rings. The molecule has 1 amide bonds. The number of carbonyl (C=O) groups excluding carboxylic acids is 1. The number of H-pyrrole nitrogens is 1. The summed E-state index contributed by atoms with van der Waals surface area (Å²) in [6, 6.07) is 9.98. The molecule has 0 spiro atoms. The Labute approximate surface area is 159 Å². The number of nitrogens with zero attached hydrogens (tertiary/aromatic N) is 4. The van der Waals surface area contributed by atoms with E-state index in [0.29, 0.717) is 13.1 Å². The molecule has 6 nitrogen and oxygen atoms in total. The second kappa shape index (κ2) is 7.39.